The van der Waals surface area contributed by atoms with Crippen LogP contribution in [-0.4, -0.2) is 8.07 Å². The van der Waals surface area contributed by atoms with E-state index in [4.69, 9.17) is 4.42 Å². The van der Waals surface area contributed by atoms with Gasteiger partial charge in [-0.2, -0.15) is 0 Å². The molecule has 10 aromatic rings. The van der Waals surface area contributed by atoms with Crippen LogP contribution in [0.5, 0.6) is 0 Å². The lowest BCUT2D eigenvalue weighted by Crippen LogP contribution is -2.49. The molecule has 246 valence electrons. The van der Waals surface area contributed by atoms with Gasteiger partial charge in [0.05, 0.1) is 0 Å². The van der Waals surface area contributed by atoms with E-state index in [1.807, 2.05) is 11.3 Å². The first kappa shape index (κ1) is 29.8. The van der Waals surface area contributed by atoms with Gasteiger partial charge >= 0.3 is 0 Å². The molecule has 0 N–H and O–H groups in total. The third-order valence-corrected chi connectivity index (χ3v) is 15.9. The summed E-state index contributed by atoms with van der Waals surface area (Å²) in [6.45, 7) is 4.98. The van der Waals surface area contributed by atoms with E-state index in [1.54, 1.807) is 0 Å². The average Bonchev–Trinajstić information content (AvgIpc) is 3.82. The summed E-state index contributed by atoms with van der Waals surface area (Å²) in [6, 6.07) is 60.4. The van der Waals surface area contributed by atoms with Crippen LogP contribution in [0.15, 0.2) is 168 Å². The second kappa shape index (κ2) is 11.0. The highest BCUT2D eigenvalue weighted by molar-refractivity contribution is 7.25. The fourth-order valence-electron chi connectivity index (χ4n) is 8.60. The molecule has 2 aromatic heterocycles. The SMILES string of the molecule is C[Si]1(C)c2cc(N(c3ccc(-c4ccc5ccccc5c4)cc3)c3ccc4sc5ccccc5c4c3)ccc2-c2c1ccc1c2oc2ccccc21. The number of furan rings is 1. The first-order chi connectivity index (χ1) is 25.5. The standard InChI is InChI=1S/C48H33NOSSi/c1-52(2)45-26-24-39-37-11-5-7-13-42(37)50-48(39)47(45)40-23-21-36(29-46(40)52)49(35-22-25-44-41(28-35)38-12-6-8-14-43(38)51-44)34-19-17-31(18-20-34)33-16-15-30-9-3-4-10-32(30)27-33/h3-29H,1-2H3. The van der Waals surface area contributed by atoms with Crippen molar-refractivity contribution in [3.8, 4) is 22.3 Å². The summed E-state index contributed by atoms with van der Waals surface area (Å²) in [5.74, 6) is 0. The summed E-state index contributed by atoms with van der Waals surface area (Å²) in [5, 5.41) is 10.4. The second-order valence-electron chi connectivity index (χ2n) is 14.5. The molecule has 0 amide bonds. The molecule has 1 aliphatic rings. The van der Waals surface area contributed by atoms with E-state index >= 15 is 0 Å². The third-order valence-electron chi connectivity index (χ3n) is 11.3. The van der Waals surface area contributed by atoms with Crippen LogP contribution in [0.1, 0.15) is 0 Å². The van der Waals surface area contributed by atoms with Crippen LogP contribution in [0.4, 0.5) is 17.1 Å². The number of benzene rings is 8. The number of nitrogens with zero attached hydrogens (tertiary/aromatic N) is 1. The fraction of sp³-hybridized carbons (Fsp3) is 0.0417. The minimum atomic E-state index is -2.06. The van der Waals surface area contributed by atoms with E-state index in [9.17, 15) is 0 Å². The maximum atomic E-state index is 6.61. The van der Waals surface area contributed by atoms with Crippen molar-refractivity contribution in [3.63, 3.8) is 0 Å². The minimum Gasteiger partial charge on any atom is -0.455 e. The van der Waals surface area contributed by atoms with Crippen molar-refractivity contribution < 1.29 is 4.42 Å². The average molecular weight is 700 g/mol. The second-order valence-corrected chi connectivity index (χ2v) is 20.0. The normalized spacial score (nSPS) is 13.3. The Morgan fingerprint density at radius 3 is 2.06 bits per heavy atom. The fourth-order valence-corrected chi connectivity index (χ4v) is 12.7. The molecule has 4 heteroatoms. The number of anilines is 3. The number of para-hydroxylation sites is 1. The van der Waals surface area contributed by atoms with Crippen LogP contribution >= 0.6 is 11.3 Å². The molecule has 8 aromatic carbocycles. The molecule has 11 rings (SSSR count). The van der Waals surface area contributed by atoms with Gasteiger partial charge in [0, 0.05) is 53.6 Å². The lowest BCUT2D eigenvalue weighted by molar-refractivity contribution is 0.670. The summed E-state index contributed by atoms with van der Waals surface area (Å²) in [7, 11) is -2.06. The molecule has 1 aliphatic heterocycles. The Morgan fingerprint density at radius 2 is 1.17 bits per heavy atom. The maximum Gasteiger partial charge on any atom is 0.143 e. The van der Waals surface area contributed by atoms with Gasteiger partial charge in [-0.05, 0) is 98.5 Å². The quantitative estimate of drug-likeness (QED) is 0.170. The number of fused-ring (bicyclic) bond motifs is 11. The van der Waals surface area contributed by atoms with Crippen LogP contribution in [-0.2, 0) is 0 Å². The van der Waals surface area contributed by atoms with Crippen LogP contribution < -0.4 is 15.3 Å². The molecule has 3 heterocycles. The highest BCUT2D eigenvalue weighted by atomic mass is 32.1. The van der Waals surface area contributed by atoms with E-state index in [0.717, 1.165) is 22.5 Å². The number of rotatable bonds is 4. The maximum absolute atomic E-state index is 6.61. The smallest absolute Gasteiger partial charge is 0.143 e. The summed E-state index contributed by atoms with van der Waals surface area (Å²) in [6.07, 6.45) is 0. The summed E-state index contributed by atoms with van der Waals surface area (Å²) < 4.78 is 9.24. The van der Waals surface area contributed by atoms with Crippen molar-refractivity contribution in [2.75, 3.05) is 4.90 Å². The van der Waals surface area contributed by atoms with Gasteiger partial charge in [-0.15, -0.1) is 11.3 Å². The van der Waals surface area contributed by atoms with Gasteiger partial charge in [-0.25, -0.2) is 0 Å². The van der Waals surface area contributed by atoms with E-state index in [0.29, 0.717) is 0 Å². The zero-order valence-electron chi connectivity index (χ0n) is 28.9. The molecule has 0 radical (unpaired) electrons. The van der Waals surface area contributed by atoms with Gasteiger partial charge < -0.3 is 9.32 Å². The third kappa shape index (κ3) is 4.35. The van der Waals surface area contributed by atoms with E-state index in [1.165, 1.54) is 80.0 Å². The van der Waals surface area contributed by atoms with E-state index in [2.05, 4.69) is 182 Å². The summed E-state index contributed by atoms with van der Waals surface area (Å²) in [4.78, 5) is 2.45. The Kier molecular flexibility index (Phi) is 6.31. The van der Waals surface area contributed by atoms with Gasteiger partial charge in [-0.3, -0.25) is 0 Å². The van der Waals surface area contributed by atoms with Gasteiger partial charge in [0.25, 0.3) is 0 Å². The molecule has 0 saturated carbocycles. The molecule has 0 fully saturated rings. The van der Waals surface area contributed by atoms with Crippen molar-refractivity contribution in [1.82, 2.24) is 0 Å². The Hall–Kier alpha value is -5.94. The van der Waals surface area contributed by atoms with Crippen molar-refractivity contribution >= 4 is 99.7 Å². The molecule has 0 bridgehead atoms. The molecule has 0 saturated heterocycles. The zero-order chi connectivity index (χ0) is 34.6. The van der Waals surface area contributed by atoms with Gasteiger partial charge in [-0.1, -0.05) is 116 Å². The molecular weight excluding hydrogens is 667 g/mol. The van der Waals surface area contributed by atoms with Crippen molar-refractivity contribution in [3.05, 3.63) is 164 Å². The summed E-state index contributed by atoms with van der Waals surface area (Å²) in [5.41, 5.74) is 10.5. The Balaban J connectivity index is 1.09. The number of hydrogen-bond donors (Lipinski definition) is 0. The first-order valence-corrected chi connectivity index (χ1v) is 21.7. The molecule has 52 heavy (non-hydrogen) atoms. The summed E-state index contributed by atoms with van der Waals surface area (Å²) >= 11 is 1.86. The molecular formula is C48H33NOSSi. The highest BCUT2D eigenvalue weighted by Gasteiger charge is 2.40. The number of thiophene rings is 1. The lowest BCUT2D eigenvalue weighted by Gasteiger charge is -2.28. The Labute approximate surface area is 306 Å². The largest absolute Gasteiger partial charge is 0.455 e. The zero-order valence-corrected chi connectivity index (χ0v) is 30.7. The van der Waals surface area contributed by atoms with Crippen LogP contribution in [0.3, 0.4) is 0 Å². The molecule has 0 aliphatic carbocycles. The van der Waals surface area contributed by atoms with Crippen LogP contribution in [0.2, 0.25) is 13.1 Å². The molecule has 0 unspecified atom stereocenters. The highest BCUT2D eigenvalue weighted by Crippen LogP contribution is 2.44. The first-order valence-electron chi connectivity index (χ1n) is 17.9. The van der Waals surface area contributed by atoms with Crippen molar-refractivity contribution in [2.24, 2.45) is 0 Å². The minimum absolute atomic E-state index is 0.949. The molecule has 0 spiro atoms. The number of hydrogen-bond acceptors (Lipinski definition) is 3. The topological polar surface area (TPSA) is 16.4 Å². The Morgan fingerprint density at radius 1 is 0.481 bits per heavy atom. The van der Waals surface area contributed by atoms with E-state index < -0.39 is 8.07 Å². The van der Waals surface area contributed by atoms with Crippen molar-refractivity contribution in [2.45, 2.75) is 13.1 Å². The molecule has 2 nitrogen and oxygen atoms in total. The monoisotopic (exact) mass is 699 g/mol. The Bertz CT molecular complexity index is 3060. The van der Waals surface area contributed by atoms with Crippen LogP contribution in [0.25, 0.3) is 75.1 Å². The molecule has 0 atom stereocenters. The van der Waals surface area contributed by atoms with Crippen molar-refractivity contribution in [1.29, 1.82) is 0 Å². The lowest BCUT2D eigenvalue weighted by atomic mass is 10.0. The van der Waals surface area contributed by atoms with Gasteiger partial charge in [0.15, 0.2) is 0 Å². The van der Waals surface area contributed by atoms with Gasteiger partial charge in [0.2, 0.25) is 0 Å². The van der Waals surface area contributed by atoms with E-state index in [-0.39, 0.29) is 0 Å². The van der Waals surface area contributed by atoms with Gasteiger partial charge in [0.1, 0.15) is 19.2 Å². The predicted octanol–water partition coefficient (Wildman–Crippen LogP) is 13.0. The van der Waals surface area contributed by atoms with Crippen LogP contribution in [0, 0.1) is 0 Å². The predicted molar refractivity (Wildman–Crippen MR) is 226 cm³/mol.